The molecule has 0 rings (SSSR count). The second-order valence-electron chi connectivity index (χ2n) is 17.5. The van der Waals surface area contributed by atoms with Crippen molar-refractivity contribution in [1.82, 2.24) is 5.32 Å². The Balaban J connectivity index is 4.28. The quantitative estimate of drug-likeness (QED) is 0.0245. The predicted molar refractivity (Wildman–Crippen MR) is 235 cm³/mol. The Labute approximate surface area is 342 Å². The lowest BCUT2D eigenvalue weighted by molar-refractivity contribution is -0.870. The largest absolute Gasteiger partial charge is 0.472 e. The fourth-order valence-corrected chi connectivity index (χ4v) is 7.72. The molecule has 0 aromatic carbocycles. The van der Waals surface area contributed by atoms with E-state index in [0.717, 1.165) is 38.5 Å². The van der Waals surface area contributed by atoms with Crippen LogP contribution in [0, 0.1) is 0 Å². The van der Waals surface area contributed by atoms with E-state index < -0.39 is 20.0 Å². The molecule has 0 spiro atoms. The molecule has 0 saturated heterocycles. The number of aliphatic hydroxyl groups excluding tert-OH is 1. The van der Waals surface area contributed by atoms with E-state index in [1.54, 1.807) is 0 Å². The van der Waals surface area contributed by atoms with Crippen LogP contribution in [0.3, 0.4) is 0 Å². The van der Waals surface area contributed by atoms with Crippen LogP contribution in [0.1, 0.15) is 226 Å². The number of hydrogen-bond donors (Lipinski definition) is 3. The fourth-order valence-electron chi connectivity index (χ4n) is 6.98. The molecule has 0 radical (unpaired) electrons. The molecule has 55 heavy (non-hydrogen) atoms. The Hall–Kier alpha value is -0.760. The summed E-state index contributed by atoms with van der Waals surface area (Å²) in [6.07, 6.45) is 43.8. The van der Waals surface area contributed by atoms with Gasteiger partial charge in [0.2, 0.25) is 5.91 Å². The minimum Gasteiger partial charge on any atom is -0.391 e. The Kier molecular flexibility index (Phi) is 38.2. The van der Waals surface area contributed by atoms with Gasteiger partial charge in [-0.25, -0.2) is 4.57 Å². The number of aliphatic hydroxyl groups is 1. The summed E-state index contributed by atoms with van der Waals surface area (Å²) in [7, 11) is 1.62. The van der Waals surface area contributed by atoms with Gasteiger partial charge in [-0.2, -0.15) is 0 Å². The van der Waals surface area contributed by atoms with Gasteiger partial charge in [0.1, 0.15) is 13.2 Å². The summed E-state index contributed by atoms with van der Waals surface area (Å²) in [4.78, 5) is 23.2. The predicted octanol–water partition coefficient (Wildman–Crippen LogP) is 13.1. The van der Waals surface area contributed by atoms with Crippen molar-refractivity contribution in [2.24, 2.45) is 0 Å². The molecule has 1 amide bonds. The number of nitrogens with zero attached hydrogens (tertiary/aromatic N) is 1. The van der Waals surface area contributed by atoms with Crippen LogP contribution >= 0.6 is 7.82 Å². The number of carbonyl (C=O) groups excluding carboxylic acids is 1. The third-order valence-corrected chi connectivity index (χ3v) is 11.7. The van der Waals surface area contributed by atoms with Crippen molar-refractivity contribution in [2.45, 2.75) is 238 Å². The Morgan fingerprint density at radius 3 is 1.40 bits per heavy atom. The van der Waals surface area contributed by atoms with Crippen LogP contribution in [0.5, 0.6) is 0 Å². The summed E-state index contributed by atoms with van der Waals surface area (Å²) in [5.41, 5.74) is 0. The first-order valence-electron chi connectivity index (χ1n) is 23.6. The molecule has 328 valence electrons. The average molecular weight is 802 g/mol. The van der Waals surface area contributed by atoms with E-state index in [1.165, 1.54) is 161 Å². The lowest BCUT2D eigenvalue weighted by Gasteiger charge is -2.26. The van der Waals surface area contributed by atoms with Gasteiger partial charge in [0.25, 0.3) is 0 Å². The summed E-state index contributed by atoms with van der Waals surface area (Å²) in [5, 5.41) is 14.0. The molecule has 0 aliphatic rings. The molecular weight excluding hydrogens is 707 g/mol. The number of carbonyl (C=O) groups is 1. The molecule has 3 unspecified atom stereocenters. The summed E-state index contributed by atoms with van der Waals surface area (Å²) < 4.78 is 23.6. The molecule has 0 aliphatic carbocycles. The van der Waals surface area contributed by atoms with Crippen molar-refractivity contribution < 1.29 is 32.9 Å². The van der Waals surface area contributed by atoms with Gasteiger partial charge in [0, 0.05) is 6.42 Å². The topological polar surface area (TPSA) is 105 Å². The van der Waals surface area contributed by atoms with E-state index in [-0.39, 0.29) is 19.1 Å². The minimum absolute atomic E-state index is 0.0757. The number of amides is 1. The fraction of sp³-hybridized carbons (Fsp3) is 0.935. The second-order valence-corrected chi connectivity index (χ2v) is 18.9. The highest BCUT2D eigenvalue weighted by molar-refractivity contribution is 7.47. The molecule has 0 aromatic rings. The minimum atomic E-state index is -4.31. The number of phosphoric acid groups is 1. The van der Waals surface area contributed by atoms with Crippen LogP contribution in [-0.4, -0.2) is 73.4 Å². The van der Waals surface area contributed by atoms with Crippen LogP contribution in [-0.2, 0) is 18.4 Å². The van der Waals surface area contributed by atoms with E-state index in [2.05, 4.69) is 31.3 Å². The van der Waals surface area contributed by atoms with Crippen molar-refractivity contribution in [1.29, 1.82) is 0 Å². The summed E-state index contributed by atoms with van der Waals surface area (Å²) in [6.45, 7) is 4.89. The maximum absolute atomic E-state index is 12.9. The van der Waals surface area contributed by atoms with Gasteiger partial charge in [-0.15, -0.1) is 0 Å². The molecule has 0 aromatic heterocycles. The number of unbranched alkanes of at least 4 members (excludes halogenated alkanes) is 28. The van der Waals surface area contributed by atoms with Gasteiger partial charge >= 0.3 is 7.82 Å². The van der Waals surface area contributed by atoms with E-state index in [1.807, 2.05) is 21.1 Å². The zero-order valence-corrected chi connectivity index (χ0v) is 38.1. The standard InChI is InChI=1S/C46H93N2O6P/c1-6-8-10-12-14-16-18-20-21-22-23-24-25-26-28-30-32-34-36-38-40-46(50)47-44(43-54-55(51,52)53-42-41-48(3,4)5)45(49)39-37-35-33-31-29-27-19-17-15-13-11-9-7-2/h23-24,44-45,49H,6-22,25-43H2,1-5H3,(H-,47,50,51,52)/p+1/b24-23-. The maximum Gasteiger partial charge on any atom is 0.472 e. The van der Waals surface area contributed by atoms with Crippen molar-refractivity contribution in [2.75, 3.05) is 40.9 Å². The third-order valence-electron chi connectivity index (χ3n) is 10.8. The first kappa shape index (κ1) is 54.2. The maximum atomic E-state index is 12.9. The first-order chi connectivity index (χ1) is 26.5. The van der Waals surface area contributed by atoms with Gasteiger partial charge in [0.05, 0.1) is 39.9 Å². The summed E-state index contributed by atoms with van der Waals surface area (Å²) in [5.74, 6) is -0.147. The highest BCUT2D eigenvalue weighted by Gasteiger charge is 2.28. The SMILES string of the molecule is CCCCCCCCCCC/C=C\CCCCCCCCCC(=O)NC(COP(=O)(O)OCC[N+](C)(C)C)C(O)CCCCCCCCCCCCCCC. The monoisotopic (exact) mass is 802 g/mol. The molecule has 0 bridgehead atoms. The van der Waals surface area contributed by atoms with Gasteiger partial charge in [0.15, 0.2) is 0 Å². The number of phosphoric ester groups is 1. The van der Waals surface area contributed by atoms with Crippen LogP contribution in [0.15, 0.2) is 12.2 Å². The lowest BCUT2D eigenvalue weighted by atomic mass is 10.0. The molecule has 8 nitrogen and oxygen atoms in total. The molecule has 0 saturated carbocycles. The number of likely N-dealkylation sites (N-methyl/N-ethyl adjacent to an activating group) is 1. The first-order valence-corrected chi connectivity index (χ1v) is 25.0. The van der Waals surface area contributed by atoms with E-state index >= 15 is 0 Å². The van der Waals surface area contributed by atoms with E-state index in [0.29, 0.717) is 23.9 Å². The molecule has 3 N–H and O–H groups in total. The molecule has 0 heterocycles. The third kappa shape index (κ3) is 41.2. The van der Waals surface area contributed by atoms with Crippen molar-refractivity contribution >= 4 is 13.7 Å². The zero-order chi connectivity index (χ0) is 40.7. The molecule has 3 atom stereocenters. The molecule has 0 fully saturated rings. The normalized spacial score (nSPS) is 14.4. The van der Waals surface area contributed by atoms with Crippen molar-refractivity contribution in [3.05, 3.63) is 12.2 Å². The number of allylic oxidation sites excluding steroid dienone is 2. The van der Waals surface area contributed by atoms with Gasteiger partial charge < -0.3 is 19.8 Å². The summed E-state index contributed by atoms with van der Waals surface area (Å²) in [6, 6.07) is -0.758. The molecule has 0 aliphatic heterocycles. The van der Waals surface area contributed by atoms with Crippen LogP contribution in [0.4, 0.5) is 0 Å². The Bertz CT molecular complexity index is 911. The second kappa shape index (κ2) is 38.7. The highest BCUT2D eigenvalue weighted by Crippen LogP contribution is 2.43. The Morgan fingerprint density at radius 2 is 0.982 bits per heavy atom. The van der Waals surface area contributed by atoms with Gasteiger partial charge in [-0.3, -0.25) is 13.8 Å². The van der Waals surface area contributed by atoms with Gasteiger partial charge in [-0.1, -0.05) is 193 Å². The van der Waals surface area contributed by atoms with Gasteiger partial charge in [-0.05, 0) is 38.5 Å². The lowest BCUT2D eigenvalue weighted by Crippen LogP contribution is -2.46. The van der Waals surface area contributed by atoms with Crippen LogP contribution < -0.4 is 5.32 Å². The van der Waals surface area contributed by atoms with Crippen molar-refractivity contribution in [3.63, 3.8) is 0 Å². The van der Waals surface area contributed by atoms with Crippen LogP contribution in [0.25, 0.3) is 0 Å². The number of quaternary nitrogens is 1. The van der Waals surface area contributed by atoms with E-state index in [4.69, 9.17) is 9.05 Å². The summed E-state index contributed by atoms with van der Waals surface area (Å²) >= 11 is 0. The van der Waals surface area contributed by atoms with Crippen molar-refractivity contribution in [3.8, 4) is 0 Å². The van der Waals surface area contributed by atoms with Crippen LogP contribution in [0.2, 0.25) is 0 Å². The molecule has 9 heteroatoms. The molecular formula is C46H94N2O6P+. The average Bonchev–Trinajstić information content (AvgIpc) is 3.13. The highest BCUT2D eigenvalue weighted by atomic mass is 31.2. The number of hydrogen-bond acceptors (Lipinski definition) is 5. The Morgan fingerprint density at radius 1 is 0.600 bits per heavy atom. The number of nitrogens with one attached hydrogen (secondary N) is 1. The number of rotatable bonds is 43. The smallest absolute Gasteiger partial charge is 0.391 e. The van der Waals surface area contributed by atoms with E-state index in [9.17, 15) is 19.4 Å². The zero-order valence-electron chi connectivity index (χ0n) is 37.2.